The molecule has 0 aliphatic heterocycles. The van der Waals surface area contributed by atoms with E-state index in [0.29, 0.717) is 36.8 Å². The number of aromatic nitrogens is 2. The van der Waals surface area contributed by atoms with E-state index in [1.807, 2.05) is 12.1 Å². The highest BCUT2D eigenvalue weighted by molar-refractivity contribution is 7.98. The van der Waals surface area contributed by atoms with Crippen molar-refractivity contribution in [3.05, 3.63) is 60.6 Å². The van der Waals surface area contributed by atoms with Gasteiger partial charge in [-0.3, -0.25) is 9.59 Å². The number of amides is 1. The molecule has 0 aromatic carbocycles. The third kappa shape index (κ3) is 4.82. The first-order valence-electron chi connectivity index (χ1n) is 9.79. The third-order valence-corrected chi connectivity index (χ3v) is 8.37. The lowest BCUT2D eigenvalue weighted by Gasteiger charge is -2.20. The Morgan fingerprint density at radius 2 is 2.23 bits per heavy atom. The molecule has 0 saturated heterocycles. The molecule has 0 spiro atoms. The minimum atomic E-state index is -0.0298. The topological polar surface area (TPSA) is 66.1 Å². The first kappa shape index (κ1) is 21.6. The van der Waals surface area contributed by atoms with Gasteiger partial charge < -0.3 is 9.88 Å². The SMILES string of the molecule is C=CCN(Cc1ccc(Cl)s1)C(=O)CCSCc1nc2sc3c(c2c(=O)[nH]1)CCC3. The molecule has 5 nitrogen and oxygen atoms in total. The maximum atomic E-state index is 12.6. The number of aromatic amines is 1. The van der Waals surface area contributed by atoms with Crippen LogP contribution in [0, 0.1) is 0 Å². The molecule has 1 aliphatic rings. The van der Waals surface area contributed by atoms with Gasteiger partial charge in [-0.25, -0.2) is 4.98 Å². The zero-order valence-corrected chi connectivity index (χ0v) is 19.6. The molecular weight excluding hydrogens is 458 g/mol. The maximum absolute atomic E-state index is 12.6. The normalized spacial score (nSPS) is 13.0. The Hall–Kier alpha value is -1.61. The Labute approximate surface area is 192 Å². The lowest BCUT2D eigenvalue weighted by molar-refractivity contribution is -0.130. The molecule has 30 heavy (non-hydrogen) atoms. The number of rotatable bonds is 9. The molecule has 0 radical (unpaired) electrons. The van der Waals surface area contributed by atoms with Gasteiger partial charge in [0.25, 0.3) is 5.56 Å². The molecule has 4 rings (SSSR count). The second kappa shape index (κ2) is 9.68. The van der Waals surface area contributed by atoms with E-state index in [2.05, 4.69) is 16.5 Å². The highest BCUT2D eigenvalue weighted by Gasteiger charge is 2.21. The van der Waals surface area contributed by atoms with Crippen molar-refractivity contribution < 1.29 is 4.79 Å². The summed E-state index contributed by atoms with van der Waals surface area (Å²) in [4.78, 5) is 37.7. The molecule has 9 heteroatoms. The summed E-state index contributed by atoms with van der Waals surface area (Å²) < 4.78 is 0.723. The Morgan fingerprint density at radius 1 is 1.37 bits per heavy atom. The number of halogens is 1. The molecule has 1 aliphatic carbocycles. The molecule has 0 atom stereocenters. The van der Waals surface area contributed by atoms with Gasteiger partial charge in [0.05, 0.1) is 22.0 Å². The van der Waals surface area contributed by atoms with Crippen molar-refractivity contribution >= 4 is 62.2 Å². The van der Waals surface area contributed by atoms with Crippen molar-refractivity contribution in [2.75, 3.05) is 12.3 Å². The number of thioether (sulfide) groups is 1. The number of carbonyl (C=O) groups excluding carboxylic acids is 1. The lowest BCUT2D eigenvalue weighted by atomic mass is 10.2. The van der Waals surface area contributed by atoms with Gasteiger partial charge in [0.2, 0.25) is 5.91 Å². The Morgan fingerprint density at radius 3 is 3.00 bits per heavy atom. The summed E-state index contributed by atoms with van der Waals surface area (Å²) in [7, 11) is 0. The molecule has 3 aromatic rings. The van der Waals surface area contributed by atoms with Crippen LogP contribution in [0.4, 0.5) is 0 Å². The summed E-state index contributed by atoms with van der Waals surface area (Å²) >= 11 is 10.7. The highest BCUT2D eigenvalue weighted by atomic mass is 35.5. The van der Waals surface area contributed by atoms with Crippen molar-refractivity contribution in [1.82, 2.24) is 14.9 Å². The summed E-state index contributed by atoms with van der Waals surface area (Å²) in [5.74, 6) is 2.02. The zero-order chi connectivity index (χ0) is 21.1. The van der Waals surface area contributed by atoms with Crippen LogP contribution in [0.2, 0.25) is 4.34 Å². The highest BCUT2D eigenvalue weighted by Crippen LogP contribution is 2.34. The summed E-state index contributed by atoms with van der Waals surface area (Å²) in [6.45, 7) is 4.81. The molecule has 1 amide bonds. The van der Waals surface area contributed by atoms with E-state index >= 15 is 0 Å². The molecule has 3 aromatic heterocycles. The molecule has 1 N–H and O–H groups in total. The maximum Gasteiger partial charge on any atom is 0.259 e. The summed E-state index contributed by atoms with van der Waals surface area (Å²) in [6, 6.07) is 3.80. The predicted molar refractivity (Wildman–Crippen MR) is 128 cm³/mol. The molecule has 0 unspecified atom stereocenters. The van der Waals surface area contributed by atoms with Crippen LogP contribution in [-0.2, 0) is 29.9 Å². The fourth-order valence-electron chi connectivity index (χ4n) is 3.64. The monoisotopic (exact) mass is 479 g/mol. The Balaban J connectivity index is 1.32. The molecule has 0 bridgehead atoms. The molecule has 0 fully saturated rings. The van der Waals surface area contributed by atoms with E-state index in [1.54, 1.807) is 34.1 Å². The standard InChI is InChI=1S/C21H22ClN3O2S3/c1-2-9-25(11-13-6-7-16(22)29-13)18(26)8-10-28-12-17-23-20(27)19-14-4-3-5-15(14)30-21(19)24-17/h2,6-7H,1,3-5,8-12H2,(H,23,24,27). The van der Waals surface area contributed by atoms with Crippen LogP contribution < -0.4 is 5.56 Å². The predicted octanol–water partition coefficient (Wildman–Crippen LogP) is 5.03. The number of H-pyrrole nitrogens is 1. The van der Waals surface area contributed by atoms with E-state index in [9.17, 15) is 9.59 Å². The number of nitrogens with one attached hydrogen (secondary N) is 1. The smallest absolute Gasteiger partial charge is 0.259 e. The van der Waals surface area contributed by atoms with Crippen molar-refractivity contribution in [3.8, 4) is 0 Å². The van der Waals surface area contributed by atoms with Gasteiger partial charge >= 0.3 is 0 Å². The van der Waals surface area contributed by atoms with Crippen LogP contribution in [-0.4, -0.2) is 33.1 Å². The molecular formula is C21H22ClN3O2S3. The fourth-order valence-corrected chi connectivity index (χ4v) is 6.81. The van der Waals surface area contributed by atoms with E-state index in [0.717, 1.165) is 38.7 Å². The van der Waals surface area contributed by atoms with Crippen LogP contribution in [0.3, 0.4) is 0 Å². The zero-order valence-electron chi connectivity index (χ0n) is 16.4. The van der Waals surface area contributed by atoms with Crippen molar-refractivity contribution in [1.29, 1.82) is 0 Å². The number of hydrogen-bond acceptors (Lipinski definition) is 6. The number of hydrogen-bond donors (Lipinski definition) is 1. The average molecular weight is 480 g/mol. The van der Waals surface area contributed by atoms with E-state index < -0.39 is 0 Å². The fraction of sp³-hybridized carbons (Fsp3) is 0.381. The van der Waals surface area contributed by atoms with Gasteiger partial charge in [0, 0.05) is 28.5 Å². The number of thiophene rings is 2. The summed E-state index contributed by atoms with van der Waals surface area (Å²) in [5.41, 5.74) is 1.17. The largest absolute Gasteiger partial charge is 0.334 e. The van der Waals surface area contributed by atoms with Gasteiger partial charge in [-0.1, -0.05) is 17.7 Å². The first-order valence-corrected chi connectivity index (χ1v) is 13.0. The van der Waals surface area contributed by atoms with Crippen molar-refractivity contribution in [2.45, 2.75) is 38.0 Å². The average Bonchev–Trinajstić information content (AvgIpc) is 3.40. The Bertz CT molecular complexity index is 1130. The quantitative estimate of drug-likeness (QED) is 0.345. The second-order valence-electron chi connectivity index (χ2n) is 7.12. The van der Waals surface area contributed by atoms with Crippen molar-refractivity contribution in [3.63, 3.8) is 0 Å². The second-order valence-corrected chi connectivity index (χ2v) is 11.1. The lowest BCUT2D eigenvalue weighted by Crippen LogP contribution is -2.30. The van der Waals surface area contributed by atoms with Gasteiger partial charge in [-0.2, -0.15) is 11.8 Å². The number of fused-ring (bicyclic) bond motifs is 3. The molecule has 0 saturated carbocycles. The van der Waals surface area contributed by atoms with Crippen LogP contribution >= 0.6 is 46.0 Å². The number of carbonyl (C=O) groups is 1. The van der Waals surface area contributed by atoms with Crippen LogP contribution in [0.25, 0.3) is 10.2 Å². The van der Waals surface area contributed by atoms with Gasteiger partial charge in [0.1, 0.15) is 10.7 Å². The number of nitrogens with zero attached hydrogens (tertiary/aromatic N) is 2. The minimum Gasteiger partial charge on any atom is -0.334 e. The van der Waals surface area contributed by atoms with E-state index in [1.165, 1.54) is 21.8 Å². The number of aryl methyl sites for hydroxylation is 2. The van der Waals surface area contributed by atoms with Crippen molar-refractivity contribution in [2.24, 2.45) is 0 Å². The summed E-state index contributed by atoms with van der Waals surface area (Å²) in [6.07, 6.45) is 5.33. The molecule has 158 valence electrons. The van der Waals surface area contributed by atoms with Gasteiger partial charge in [-0.15, -0.1) is 29.3 Å². The van der Waals surface area contributed by atoms with E-state index in [-0.39, 0.29) is 11.5 Å². The van der Waals surface area contributed by atoms with Gasteiger partial charge in [-0.05, 0) is 37.0 Å². The van der Waals surface area contributed by atoms with Crippen LogP contribution in [0.5, 0.6) is 0 Å². The van der Waals surface area contributed by atoms with Gasteiger partial charge in [0.15, 0.2) is 0 Å². The third-order valence-electron chi connectivity index (χ3n) is 5.00. The van der Waals surface area contributed by atoms with Crippen LogP contribution in [0.1, 0.15) is 34.0 Å². The first-order chi connectivity index (χ1) is 14.5. The van der Waals surface area contributed by atoms with Crippen LogP contribution in [0.15, 0.2) is 29.6 Å². The Kier molecular flexibility index (Phi) is 6.98. The summed E-state index contributed by atoms with van der Waals surface area (Å²) in [5, 5.41) is 0.783. The minimum absolute atomic E-state index is 0.0298. The van der Waals surface area contributed by atoms with E-state index in [4.69, 9.17) is 11.6 Å². The molecule has 3 heterocycles.